The molecule has 12 heavy (non-hydrogen) atoms. The van der Waals surface area contributed by atoms with Crippen molar-refractivity contribution in [2.75, 3.05) is 13.2 Å². The van der Waals surface area contributed by atoms with Crippen LogP contribution in [0.5, 0.6) is 0 Å². The zero-order chi connectivity index (χ0) is 8.86. The minimum absolute atomic E-state index is 0.0331. The first-order chi connectivity index (χ1) is 5.71. The zero-order valence-corrected chi connectivity index (χ0v) is 8.64. The van der Waals surface area contributed by atoms with E-state index in [0.29, 0.717) is 0 Å². The number of ether oxygens (including phenoxy) is 1. The monoisotopic (exact) mass is 169 g/mol. The second kappa shape index (κ2) is 4.91. The highest BCUT2D eigenvalue weighted by molar-refractivity contribution is 6.77. The summed E-state index contributed by atoms with van der Waals surface area (Å²) in [6, 6.07) is 0. The van der Waals surface area contributed by atoms with E-state index in [1.54, 1.807) is 0 Å². The third-order valence-corrected chi connectivity index (χ3v) is 3.05. The SMILES string of the molecule is C[B-]1(C)CCCCOCCCC1. The molecule has 1 fully saturated rings. The molecule has 72 valence electrons. The van der Waals surface area contributed by atoms with Crippen LogP contribution in [0.2, 0.25) is 26.3 Å². The Morgan fingerprint density at radius 1 is 0.833 bits per heavy atom. The third-order valence-electron chi connectivity index (χ3n) is 3.05. The number of hydrogen-bond donors (Lipinski definition) is 0. The van der Waals surface area contributed by atoms with E-state index in [2.05, 4.69) is 13.6 Å². The van der Waals surface area contributed by atoms with Gasteiger partial charge in [0.05, 0.1) is 0 Å². The van der Waals surface area contributed by atoms with Crippen molar-refractivity contribution in [2.45, 2.75) is 52.0 Å². The maximum atomic E-state index is 5.49. The largest absolute Gasteiger partial charge is 0.381 e. The summed E-state index contributed by atoms with van der Waals surface area (Å²) in [4.78, 5) is 0. The molecule has 0 aliphatic carbocycles. The fourth-order valence-corrected chi connectivity index (χ4v) is 2.05. The lowest BCUT2D eigenvalue weighted by Crippen LogP contribution is -2.25. The third kappa shape index (κ3) is 4.15. The highest BCUT2D eigenvalue weighted by atomic mass is 16.5. The van der Waals surface area contributed by atoms with E-state index in [0.717, 1.165) is 13.2 Å². The molecule has 1 heterocycles. The molecule has 0 spiro atoms. The van der Waals surface area contributed by atoms with Gasteiger partial charge in [-0.2, -0.15) is 26.3 Å². The molecule has 0 radical (unpaired) electrons. The summed E-state index contributed by atoms with van der Waals surface area (Å²) in [6.07, 6.45) is 8.11. The molecule has 1 nitrogen and oxygen atoms in total. The van der Waals surface area contributed by atoms with Gasteiger partial charge >= 0.3 is 0 Å². The van der Waals surface area contributed by atoms with Crippen molar-refractivity contribution in [3.63, 3.8) is 0 Å². The van der Waals surface area contributed by atoms with Crippen LogP contribution in [0, 0.1) is 0 Å². The van der Waals surface area contributed by atoms with E-state index in [1.807, 2.05) is 0 Å². The van der Waals surface area contributed by atoms with Gasteiger partial charge in [0.2, 0.25) is 0 Å². The van der Waals surface area contributed by atoms with Crippen LogP contribution in [0.1, 0.15) is 25.7 Å². The van der Waals surface area contributed by atoms with Gasteiger partial charge in [-0.25, -0.2) is 0 Å². The molecule has 0 aromatic carbocycles. The van der Waals surface area contributed by atoms with Crippen LogP contribution in [0.3, 0.4) is 0 Å². The van der Waals surface area contributed by atoms with Gasteiger partial charge < -0.3 is 4.74 Å². The van der Waals surface area contributed by atoms with Crippen LogP contribution >= 0.6 is 0 Å². The first-order valence-electron chi connectivity index (χ1n) is 5.55. The molecule has 1 aliphatic heterocycles. The Bertz CT molecular complexity index is 111. The summed E-state index contributed by atoms with van der Waals surface area (Å²) in [5, 5.41) is 0. The smallest absolute Gasteiger partial charge is 0.0464 e. The van der Waals surface area contributed by atoms with E-state index in [4.69, 9.17) is 4.74 Å². The quantitative estimate of drug-likeness (QED) is 0.505. The summed E-state index contributed by atoms with van der Waals surface area (Å²) in [7, 11) is 0. The Kier molecular flexibility index (Phi) is 4.13. The van der Waals surface area contributed by atoms with E-state index in [9.17, 15) is 0 Å². The second-order valence-corrected chi connectivity index (χ2v) is 5.10. The van der Waals surface area contributed by atoms with Gasteiger partial charge in [0, 0.05) is 13.2 Å². The van der Waals surface area contributed by atoms with Crippen LogP contribution in [0.4, 0.5) is 0 Å². The average molecular weight is 169 g/mol. The van der Waals surface area contributed by atoms with Crippen molar-refractivity contribution in [3.8, 4) is 0 Å². The van der Waals surface area contributed by atoms with Crippen molar-refractivity contribution in [2.24, 2.45) is 0 Å². The van der Waals surface area contributed by atoms with Gasteiger partial charge in [0.15, 0.2) is 0 Å². The summed E-state index contributed by atoms with van der Waals surface area (Å²) in [5.41, 5.74) is 0. The minimum atomic E-state index is -0.0331. The van der Waals surface area contributed by atoms with Crippen LogP contribution in [0.25, 0.3) is 0 Å². The minimum Gasteiger partial charge on any atom is -0.381 e. The van der Waals surface area contributed by atoms with E-state index in [1.165, 1.54) is 38.3 Å². The lowest BCUT2D eigenvalue weighted by atomic mass is 9.24. The van der Waals surface area contributed by atoms with Gasteiger partial charge in [-0.1, -0.05) is 12.8 Å². The molecule has 0 aromatic rings. The topological polar surface area (TPSA) is 9.23 Å². The lowest BCUT2D eigenvalue weighted by Gasteiger charge is -2.30. The highest BCUT2D eigenvalue weighted by Gasteiger charge is 2.12. The summed E-state index contributed by atoms with van der Waals surface area (Å²) in [6.45, 7) is 6.91. The maximum Gasteiger partial charge on any atom is 0.0464 e. The van der Waals surface area contributed by atoms with Crippen LogP contribution in [-0.4, -0.2) is 19.4 Å². The fourth-order valence-electron chi connectivity index (χ4n) is 2.05. The van der Waals surface area contributed by atoms with Crippen molar-refractivity contribution in [1.29, 1.82) is 0 Å². The molecular formula is C10H22BO-. The molecule has 0 amide bonds. The standard InChI is InChI=1S/C10H22BO/c1-11(2)7-3-5-9-12-10-6-4-8-11/h3-10H2,1-2H3/q-1. The van der Waals surface area contributed by atoms with Crippen molar-refractivity contribution in [3.05, 3.63) is 0 Å². The van der Waals surface area contributed by atoms with Crippen LogP contribution in [-0.2, 0) is 4.74 Å². The Morgan fingerprint density at radius 3 is 1.83 bits per heavy atom. The molecule has 0 saturated carbocycles. The summed E-state index contributed by atoms with van der Waals surface area (Å²) < 4.78 is 5.49. The molecule has 1 rings (SSSR count). The van der Waals surface area contributed by atoms with E-state index >= 15 is 0 Å². The number of rotatable bonds is 0. The predicted molar refractivity (Wildman–Crippen MR) is 56.4 cm³/mol. The van der Waals surface area contributed by atoms with E-state index < -0.39 is 0 Å². The Balaban J connectivity index is 2.27. The molecule has 0 unspecified atom stereocenters. The lowest BCUT2D eigenvalue weighted by molar-refractivity contribution is 0.127. The van der Waals surface area contributed by atoms with Gasteiger partial charge in [-0.05, 0) is 19.0 Å². The first kappa shape index (κ1) is 10.1. The van der Waals surface area contributed by atoms with E-state index in [-0.39, 0.29) is 6.15 Å². The van der Waals surface area contributed by atoms with Gasteiger partial charge in [-0.3, -0.25) is 0 Å². The Labute approximate surface area is 76.8 Å². The molecule has 0 atom stereocenters. The van der Waals surface area contributed by atoms with Crippen molar-refractivity contribution < 1.29 is 4.74 Å². The van der Waals surface area contributed by atoms with Crippen molar-refractivity contribution in [1.82, 2.24) is 0 Å². The second-order valence-electron chi connectivity index (χ2n) is 5.10. The summed E-state index contributed by atoms with van der Waals surface area (Å²) >= 11 is 0. The zero-order valence-electron chi connectivity index (χ0n) is 8.64. The number of hydrogen-bond acceptors (Lipinski definition) is 1. The molecule has 0 N–H and O–H groups in total. The Morgan fingerprint density at radius 2 is 1.33 bits per heavy atom. The first-order valence-corrected chi connectivity index (χ1v) is 5.55. The van der Waals surface area contributed by atoms with Crippen molar-refractivity contribution >= 4 is 6.15 Å². The fraction of sp³-hybridized carbons (Fsp3) is 1.00. The predicted octanol–water partition coefficient (Wildman–Crippen LogP) is 3.29. The molecule has 0 aromatic heterocycles. The molecule has 0 bridgehead atoms. The maximum absolute atomic E-state index is 5.49. The van der Waals surface area contributed by atoms with Crippen LogP contribution < -0.4 is 0 Å². The molecule has 2 heteroatoms. The normalized spacial score (nSPS) is 26.5. The molecule has 1 saturated heterocycles. The summed E-state index contributed by atoms with van der Waals surface area (Å²) in [5.74, 6) is 0. The van der Waals surface area contributed by atoms with Gasteiger partial charge in [0.25, 0.3) is 0 Å². The highest BCUT2D eigenvalue weighted by Crippen LogP contribution is 2.22. The Hall–Kier alpha value is 0.0249. The average Bonchev–Trinajstić information content (AvgIpc) is 2.02. The van der Waals surface area contributed by atoms with Gasteiger partial charge in [-0.15, -0.1) is 0 Å². The molecule has 1 aliphatic rings. The molecular weight excluding hydrogens is 147 g/mol. The van der Waals surface area contributed by atoms with Gasteiger partial charge in [0.1, 0.15) is 0 Å². The van der Waals surface area contributed by atoms with Crippen LogP contribution in [0.15, 0.2) is 0 Å².